The monoisotopic (exact) mass is 202 g/mol. The van der Waals surface area contributed by atoms with Crippen LogP contribution in [0.4, 0.5) is 0 Å². The van der Waals surface area contributed by atoms with Gasteiger partial charge >= 0.3 is 0 Å². The third kappa shape index (κ3) is 1.02. The first-order chi connectivity index (χ1) is 7.26. The van der Waals surface area contributed by atoms with E-state index in [1.807, 2.05) is 18.2 Å². The third-order valence-electron chi connectivity index (χ3n) is 3.98. The molecule has 78 valence electrons. The Bertz CT molecular complexity index is 420. The average molecular weight is 202 g/mol. The first-order valence-corrected chi connectivity index (χ1v) is 5.45. The van der Waals surface area contributed by atoms with E-state index in [4.69, 9.17) is 4.74 Å². The molecule has 1 aromatic rings. The van der Waals surface area contributed by atoms with Gasteiger partial charge in [-0.1, -0.05) is 12.1 Å². The molecule has 0 heterocycles. The number of carbonyl (C=O) groups is 1. The number of benzene rings is 1. The molecule has 3 aliphatic carbocycles. The summed E-state index contributed by atoms with van der Waals surface area (Å²) in [5.74, 6) is 1.66. The molecule has 1 aromatic carbocycles. The highest BCUT2D eigenvalue weighted by atomic mass is 16.5. The van der Waals surface area contributed by atoms with Crippen LogP contribution in [0.25, 0.3) is 0 Å². The van der Waals surface area contributed by atoms with Crippen molar-refractivity contribution in [2.45, 2.75) is 24.7 Å². The fourth-order valence-corrected chi connectivity index (χ4v) is 3.08. The summed E-state index contributed by atoms with van der Waals surface area (Å²) >= 11 is 0. The minimum absolute atomic E-state index is 0.140. The molecule has 2 bridgehead atoms. The van der Waals surface area contributed by atoms with Crippen LogP contribution in [-0.2, 0) is 10.2 Å². The number of hydrogen-bond donors (Lipinski definition) is 0. The molecule has 15 heavy (non-hydrogen) atoms. The summed E-state index contributed by atoms with van der Waals surface area (Å²) in [7, 11) is 1.66. The molecule has 3 saturated carbocycles. The van der Waals surface area contributed by atoms with Gasteiger partial charge in [0.05, 0.1) is 12.5 Å². The van der Waals surface area contributed by atoms with Crippen molar-refractivity contribution in [1.29, 1.82) is 0 Å². The highest BCUT2D eigenvalue weighted by Gasteiger charge is 2.59. The summed E-state index contributed by atoms with van der Waals surface area (Å²) in [4.78, 5) is 11.9. The van der Waals surface area contributed by atoms with Crippen LogP contribution in [0.3, 0.4) is 0 Å². The SMILES string of the molecule is COc1cccc(C23CCC(C2)C3=O)c1. The molecule has 0 N–H and O–H groups in total. The van der Waals surface area contributed by atoms with Gasteiger partial charge in [-0.2, -0.15) is 0 Å². The second-order valence-corrected chi connectivity index (χ2v) is 4.62. The molecule has 2 nitrogen and oxygen atoms in total. The second kappa shape index (κ2) is 2.84. The highest BCUT2D eigenvalue weighted by Crippen LogP contribution is 2.57. The number of methoxy groups -OCH3 is 1. The zero-order valence-electron chi connectivity index (χ0n) is 8.82. The molecule has 2 unspecified atom stereocenters. The van der Waals surface area contributed by atoms with Crippen LogP contribution in [0.2, 0.25) is 0 Å². The van der Waals surface area contributed by atoms with Crippen molar-refractivity contribution in [3.05, 3.63) is 29.8 Å². The van der Waals surface area contributed by atoms with Crippen LogP contribution in [0.1, 0.15) is 24.8 Å². The van der Waals surface area contributed by atoms with Gasteiger partial charge < -0.3 is 4.74 Å². The maximum absolute atomic E-state index is 11.9. The molecule has 0 aliphatic heterocycles. The summed E-state index contributed by atoms with van der Waals surface area (Å²) < 4.78 is 5.20. The Balaban J connectivity index is 2.02. The molecule has 0 aromatic heterocycles. The Morgan fingerprint density at radius 2 is 2.33 bits per heavy atom. The van der Waals surface area contributed by atoms with E-state index in [-0.39, 0.29) is 5.41 Å². The zero-order chi connectivity index (χ0) is 10.5. The summed E-state index contributed by atoms with van der Waals surface area (Å²) in [5.41, 5.74) is 1.01. The Morgan fingerprint density at radius 3 is 2.93 bits per heavy atom. The normalized spacial score (nSPS) is 32.6. The molecule has 0 amide bonds. The molecule has 0 radical (unpaired) electrons. The van der Waals surface area contributed by atoms with Gasteiger partial charge in [0.2, 0.25) is 0 Å². The van der Waals surface area contributed by atoms with Gasteiger partial charge in [-0.3, -0.25) is 4.79 Å². The fourth-order valence-electron chi connectivity index (χ4n) is 3.08. The van der Waals surface area contributed by atoms with Crippen molar-refractivity contribution in [2.24, 2.45) is 5.92 Å². The zero-order valence-corrected chi connectivity index (χ0v) is 8.82. The number of ketones is 1. The number of rotatable bonds is 2. The summed E-state index contributed by atoms with van der Waals surface area (Å²) in [6.07, 6.45) is 3.17. The fraction of sp³-hybridized carbons (Fsp3) is 0.462. The molecular weight excluding hydrogens is 188 g/mol. The molecule has 3 aliphatic rings. The molecule has 0 saturated heterocycles. The molecule has 2 heteroatoms. The molecule has 4 rings (SSSR count). The smallest absolute Gasteiger partial charge is 0.146 e. The highest BCUT2D eigenvalue weighted by molar-refractivity contribution is 6.00. The lowest BCUT2D eigenvalue weighted by molar-refractivity contribution is -0.133. The predicted octanol–water partition coefficient (Wildman–Crippen LogP) is 2.32. The summed E-state index contributed by atoms with van der Waals surface area (Å²) in [5, 5.41) is 0. The molecular formula is C13H14O2. The van der Waals surface area contributed by atoms with Gasteiger partial charge in [-0.25, -0.2) is 0 Å². The van der Waals surface area contributed by atoms with Crippen LogP contribution >= 0.6 is 0 Å². The Morgan fingerprint density at radius 1 is 1.47 bits per heavy atom. The number of hydrogen-bond acceptors (Lipinski definition) is 2. The maximum Gasteiger partial charge on any atom is 0.146 e. The lowest BCUT2D eigenvalue weighted by Gasteiger charge is -2.37. The minimum Gasteiger partial charge on any atom is -0.497 e. The summed E-state index contributed by atoms with van der Waals surface area (Å²) in [6.45, 7) is 0. The van der Waals surface area contributed by atoms with Crippen molar-refractivity contribution in [3.8, 4) is 5.75 Å². The average Bonchev–Trinajstić information content (AvgIpc) is 2.87. The topological polar surface area (TPSA) is 26.3 Å². The van der Waals surface area contributed by atoms with Gasteiger partial charge in [-0.15, -0.1) is 0 Å². The van der Waals surface area contributed by atoms with E-state index in [0.29, 0.717) is 11.7 Å². The van der Waals surface area contributed by atoms with Crippen LogP contribution < -0.4 is 4.74 Å². The van der Waals surface area contributed by atoms with E-state index in [1.165, 1.54) is 0 Å². The van der Waals surface area contributed by atoms with Crippen molar-refractivity contribution in [1.82, 2.24) is 0 Å². The Labute approximate surface area is 89.2 Å². The molecule has 3 fully saturated rings. The molecule has 2 atom stereocenters. The van der Waals surface area contributed by atoms with Crippen LogP contribution in [0, 0.1) is 5.92 Å². The quantitative estimate of drug-likeness (QED) is 0.735. The standard InChI is InChI=1S/C13H14O2/c1-15-11-4-2-3-10(7-11)13-6-5-9(8-13)12(13)14/h2-4,7,9H,5-6,8H2,1H3. The first-order valence-electron chi connectivity index (χ1n) is 5.45. The number of ether oxygens (including phenoxy) is 1. The number of carbonyl (C=O) groups excluding carboxylic acids is 1. The van der Waals surface area contributed by atoms with E-state index in [1.54, 1.807) is 7.11 Å². The van der Waals surface area contributed by atoms with Crippen LogP contribution in [-0.4, -0.2) is 12.9 Å². The number of fused-ring (bicyclic) bond motifs is 1. The van der Waals surface area contributed by atoms with Crippen molar-refractivity contribution >= 4 is 5.78 Å². The van der Waals surface area contributed by atoms with Crippen LogP contribution in [0.15, 0.2) is 24.3 Å². The molecule has 0 spiro atoms. The summed E-state index contributed by atoms with van der Waals surface area (Å²) in [6, 6.07) is 7.97. The van der Waals surface area contributed by atoms with Crippen molar-refractivity contribution in [2.75, 3.05) is 7.11 Å². The minimum atomic E-state index is -0.140. The largest absolute Gasteiger partial charge is 0.497 e. The first kappa shape index (κ1) is 8.96. The third-order valence-corrected chi connectivity index (χ3v) is 3.98. The van der Waals surface area contributed by atoms with E-state index >= 15 is 0 Å². The van der Waals surface area contributed by atoms with Gasteiger partial charge in [-0.05, 0) is 37.0 Å². The van der Waals surface area contributed by atoms with E-state index in [0.717, 1.165) is 30.6 Å². The van der Waals surface area contributed by atoms with E-state index in [9.17, 15) is 4.79 Å². The Kier molecular flexibility index (Phi) is 1.70. The lowest BCUT2D eigenvalue weighted by Crippen LogP contribution is -2.44. The van der Waals surface area contributed by atoms with E-state index in [2.05, 4.69) is 6.07 Å². The predicted molar refractivity (Wildman–Crippen MR) is 57.0 cm³/mol. The van der Waals surface area contributed by atoms with Gasteiger partial charge in [0.25, 0.3) is 0 Å². The van der Waals surface area contributed by atoms with Crippen LogP contribution in [0.5, 0.6) is 5.75 Å². The van der Waals surface area contributed by atoms with E-state index < -0.39 is 0 Å². The lowest BCUT2D eigenvalue weighted by atomic mass is 9.64. The van der Waals surface area contributed by atoms with Gasteiger partial charge in [0.1, 0.15) is 11.5 Å². The second-order valence-electron chi connectivity index (χ2n) is 4.62. The van der Waals surface area contributed by atoms with Gasteiger partial charge in [0.15, 0.2) is 0 Å². The van der Waals surface area contributed by atoms with Gasteiger partial charge in [0, 0.05) is 5.92 Å². The van der Waals surface area contributed by atoms with Crippen molar-refractivity contribution < 1.29 is 9.53 Å². The Hall–Kier alpha value is -1.31. The van der Waals surface area contributed by atoms with Crippen molar-refractivity contribution in [3.63, 3.8) is 0 Å². The number of Topliss-reactive ketones (excluding diaryl/α,β-unsaturated/α-hetero) is 1. The maximum atomic E-state index is 11.9.